The van der Waals surface area contributed by atoms with Crippen molar-refractivity contribution < 1.29 is 10.2 Å². The summed E-state index contributed by atoms with van der Waals surface area (Å²) in [5.41, 5.74) is 2.08. The Labute approximate surface area is 103 Å². The van der Waals surface area contributed by atoms with Gasteiger partial charge in [-0.1, -0.05) is 12.1 Å². The molecule has 1 heterocycles. The lowest BCUT2D eigenvalue weighted by Gasteiger charge is -2.36. The average Bonchev–Trinajstić information content (AvgIpc) is 2.39. The summed E-state index contributed by atoms with van der Waals surface area (Å²) in [5, 5.41) is 18.9. The number of anilines is 1. The first-order valence-corrected chi connectivity index (χ1v) is 6.38. The fourth-order valence-electron chi connectivity index (χ4n) is 2.47. The van der Waals surface area contributed by atoms with Crippen molar-refractivity contribution >= 4 is 5.69 Å². The summed E-state index contributed by atoms with van der Waals surface area (Å²) in [6.45, 7) is 3.00. The molecule has 3 nitrogen and oxygen atoms in total. The smallest absolute Gasteiger partial charge is 0.0761 e. The van der Waals surface area contributed by atoms with Crippen LogP contribution in [0, 0.1) is 0 Å². The minimum atomic E-state index is -0.418. The maximum absolute atomic E-state index is 9.47. The number of piperidine rings is 1. The fourth-order valence-corrected chi connectivity index (χ4v) is 2.47. The maximum Gasteiger partial charge on any atom is 0.0761 e. The Morgan fingerprint density at radius 1 is 1.29 bits per heavy atom. The van der Waals surface area contributed by atoms with Crippen LogP contribution in [0.15, 0.2) is 24.3 Å². The van der Waals surface area contributed by atoms with Crippen LogP contribution in [-0.4, -0.2) is 29.4 Å². The number of nitrogens with zero attached hydrogens (tertiary/aromatic N) is 1. The first kappa shape index (κ1) is 12.4. The Kier molecular flexibility index (Phi) is 4.02. The van der Waals surface area contributed by atoms with E-state index >= 15 is 0 Å². The van der Waals surface area contributed by atoms with Gasteiger partial charge in [-0.05, 0) is 43.9 Å². The van der Waals surface area contributed by atoms with Crippen molar-refractivity contribution in [3.8, 4) is 0 Å². The number of hydrogen-bond acceptors (Lipinski definition) is 3. The van der Waals surface area contributed by atoms with Crippen LogP contribution >= 0.6 is 0 Å². The van der Waals surface area contributed by atoms with Crippen molar-refractivity contribution in [2.24, 2.45) is 0 Å². The van der Waals surface area contributed by atoms with Gasteiger partial charge in [0.05, 0.1) is 18.8 Å². The molecule has 0 amide bonds. The van der Waals surface area contributed by atoms with Crippen LogP contribution < -0.4 is 4.90 Å². The van der Waals surface area contributed by atoms with E-state index in [0.29, 0.717) is 0 Å². The molecule has 1 fully saturated rings. The van der Waals surface area contributed by atoms with Crippen LogP contribution in [0.1, 0.15) is 37.9 Å². The lowest BCUT2D eigenvalue weighted by molar-refractivity contribution is 0.199. The molecule has 1 aromatic rings. The zero-order valence-electron chi connectivity index (χ0n) is 10.3. The zero-order chi connectivity index (χ0) is 12.3. The van der Waals surface area contributed by atoms with Crippen LogP contribution in [0.2, 0.25) is 0 Å². The van der Waals surface area contributed by atoms with Gasteiger partial charge in [-0.2, -0.15) is 0 Å². The van der Waals surface area contributed by atoms with Gasteiger partial charge in [0.25, 0.3) is 0 Å². The Balaban J connectivity index is 2.15. The Morgan fingerprint density at radius 3 is 2.59 bits per heavy atom. The molecule has 0 saturated carbocycles. The van der Waals surface area contributed by atoms with E-state index < -0.39 is 6.10 Å². The summed E-state index contributed by atoms with van der Waals surface area (Å²) in [4.78, 5) is 2.27. The van der Waals surface area contributed by atoms with Gasteiger partial charge >= 0.3 is 0 Å². The van der Waals surface area contributed by atoms with E-state index in [2.05, 4.69) is 4.90 Å². The van der Waals surface area contributed by atoms with E-state index in [1.165, 1.54) is 12.8 Å². The van der Waals surface area contributed by atoms with Crippen LogP contribution in [0.3, 0.4) is 0 Å². The lowest BCUT2D eigenvalue weighted by Crippen LogP contribution is -2.41. The Morgan fingerprint density at radius 2 is 2.00 bits per heavy atom. The number of hydrogen-bond donors (Lipinski definition) is 2. The van der Waals surface area contributed by atoms with E-state index in [1.54, 1.807) is 6.92 Å². The summed E-state index contributed by atoms with van der Waals surface area (Å²) in [6, 6.07) is 8.25. The molecule has 1 aliphatic heterocycles. The SMILES string of the molecule is C[C@@H](O)c1ccc(N2CCCCC2CO)cc1. The quantitative estimate of drug-likeness (QED) is 0.843. The summed E-state index contributed by atoms with van der Waals surface area (Å²) in [6.07, 6.45) is 3.04. The predicted octanol–water partition coefficient (Wildman–Crippen LogP) is 2.09. The van der Waals surface area contributed by atoms with Gasteiger partial charge in [0.1, 0.15) is 0 Å². The first-order chi connectivity index (χ1) is 8.22. The van der Waals surface area contributed by atoms with Crippen molar-refractivity contribution in [3.05, 3.63) is 29.8 Å². The third-order valence-corrected chi connectivity index (χ3v) is 3.55. The average molecular weight is 235 g/mol. The summed E-state index contributed by atoms with van der Waals surface area (Å²) in [5.74, 6) is 0. The van der Waals surface area contributed by atoms with Crippen LogP contribution in [0.4, 0.5) is 5.69 Å². The van der Waals surface area contributed by atoms with Crippen molar-refractivity contribution in [2.75, 3.05) is 18.1 Å². The van der Waals surface area contributed by atoms with Gasteiger partial charge in [0.2, 0.25) is 0 Å². The van der Waals surface area contributed by atoms with Gasteiger partial charge in [0.15, 0.2) is 0 Å². The molecule has 17 heavy (non-hydrogen) atoms. The summed E-state index contributed by atoms with van der Waals surface area (Å²) < 4.78 is 0. The second-order valence-corrected chi connectivity index (χ2v) is 4.79. The lowest BCUT2D eigenvalue weighted by atomic mass is 10.0. The zero-order valence-corrected chi connectivity index (χ0v) is 10.3. The molecule has 0 aromatic heterocycles. The first-order valence-electron chi connectivity index (χ1n) is 6.38. The van der Waals surface area contributed by atoms with Gasteiger partial charge in [-0.15, -0.1) is 0 Å². The maximum atomic E-state index is 9.47. The molecule has 0 radical (unpaired) electrons. The van der Waals surface area contributed by atoms with E-state index in [-0.39, 0.29) is 12.6 Å². The fraction of sp³-hybridized carbons (Fsp3) is 0.571. The predicted molar refractivity (Wildman–Crippen MR) is 69.1 cm³/mol. The minimum absolute atomic E-state index is 0.220. The molecule has 94 valence electrons. The van der Waals surface area contributed by atoms with E-state index in [9.17, 15) is 10.2 Å². The third kappa shape index (κ3) is 2.79. The molecule has 2 N–H and O–H groups in total. The number of rotatable bonds is 3. The Hall–Kier alpha value is -1.06. The highest BCUT2D eigenvalue weighted by Gasteiger charge is 2.21. The normalized spacial score (nSPS) is 22.5. The molecule has 2 atom stereocenters. The molecule has 0 aliphatic carbocycles. The standard InChI is InChI=1S/C14H21NO2/c1-11(17)12-5-7-13(8-6-12)15-9-3-2-4-14(15)10-16/h5-8,11,14,16-17H,2-4,9-10H2,1H3/t11-,14?/m1/s1. The van der Waals surface area contributed by atoms with Gasteiger partial charge < -0.3 is 15.1 Å². The topological polar surface area (TPSA) is 43.7 Å². The van der Waals surface area contributed by atoms with Crippen LogP contribution in [0.25, 0.3) is 0 Å². The Bertz CT molecular complexity index is 348. The van der Waals surface area contributed by atoms with Gasteiger partial charge in [0, 0.05) is 12.2 Å². The molecule has 1 saturated heterocycles. The van der Waals surface area contributed by atoms with Crippen LogP contribution in [-0.2, 0) is 0 Å². The number of aliphatic hydroxyl groups is 2. The minimum Gasteiger partial charge on any atom is -0.394 e. The van der Waals surface area contributed by atoms with Gasteiger partial charge in [-0.25, -0.2) is 0 Å². The molecular weight excluding hydrogens is 214 g/mol. The molecule has 1 aromatic carbocycles. The molecule has 3 heteroatoms. The summed E-state index contributed by atoms with van der Waals surface area (Å²) in [7, 11) is 0. The van der Waals surface area contributed by atoms with Crippen molar-refractivity contribution in [3.63, 3.8) is 0 Å². The monoisotopic (exact) mass is 235 g/mol. The molecule has 2 rings (SSSR count). The highest BCUT2D eigenvalue weighted by Crippen LogP contribution is 2.25. The molecular formula is C14H21NO2. The second kappa shape index (κ2) is 5.52. The largest absolute Gasteiger partial charge is 0.394 e. The van der Waals surface area contributed by atoms with Crippen molar-refractivity contribution in [2.45, 2.75) is 38.3 Å². The van der Waals surface area contributed by atoms with Crippen molar-refractivity contribution in [1.82, 2.24) is 0 Å². The van der Waals surface area contributed by atoms with Crippen LogP contribution in [0.5, 0.6) is 0 Å². The van der Waals surface area contributed by atoms with E-state index in [0.717, 1.165) is 24.2 Å². The second-order valence-electron chi connectivity index (χ2n) is 4.79. The molecule has 1 unspecified atom stereocenters. The van der Waals surface area contributed by atoms with E-state index in [4.69, 9.17) is 0 Å². The van der Waals surface area contributed by atoms with E-state index in [1.807, 2.05) is 24.3 Å². The number of benzene rings is 1. The molecule has 0 bridgehead atoms. The third-order valence-electron chi connectivity index (χ3n) is 3.55. The summed E-state index contributed by atoms with van der Waals surface area (Å²) >= 11 is 0. The number of aliphatic hydroxyl groups excluding tert-OH is 2. The molecule has 0 spiro atoms. The highest BCUT2D eigenvalue weighted by molar-refractivity contribution is 5.49. The van der Waals surface area contributed by atoms with Gasteiger partial charge in [-0.3, -0.25) is 0 Å². The highest BCUT2D eigenvalue weighted by atomic mass is 16.3. The van der Waals surface area contributed by atoms with Crippen molar-refractivity contribution in [1.29, 1.82) is 0 Å². The molecule has 1 aliphatic rings.